The van der Waals surface area contributed by atoms with Crippen LogP contribution in [-0.4, -0.2) is 0 Å². The van der Waals surface area contributed by atoms with E-state index in [1.165, 1.54) is 0 Å². The second-order valence-corrected chi connectivity index (χ2v) is 6.78. The fraction of sp³-hybridized carbons (Fsp3) is 0.143. The fourth-order valence-electron chi connectivity index (χ4n) is 1.64. The number of halogens is 5. The van der Waals surface area contributed by atoms with Crippen molar-refractivity contribution in [1.29, 1.82) is 0 Å². The molecule has 2 aromatic rings. The molecule has 2 aromatic carbocycles. The first kappa shape index (κ1) is 16.4. The molecule has 6 heteroatoms. The summed E-state index contributed by atoms with van der Waals surface area (Å²) in [6.07, 6.45) is 0. The maximum absolute atomic E-state index is 6.13. The van der Waals surface area contributed by atoms with Gasteiger partial charge in [-0.1, -0.05) is 35.3 Å². The van der Waals surface area contributed by atoms with Crippen LogP contribution in [0.2, 0.25) is 10.0 Å². The molecule has 20 heavy (non-hydrogen) atoms. The highest BCUT2D eigenvalue weighted by Gasteiger charge is 2.11. The van der Waals surface area contributed by atoms with Gasteiger partial charge in [-0.3, -0.25) is 0 Å². The van der Waals surface area contributed by atoms with Gasteiger partial charge in [-0.05, 0) is 55.6 Å². The van der Waals surface area contributed by atoms with Crippen molar-refractivity contribution in [3.8, 4) is 5.75 Å². The minimum atomic E-state index is 0.330. The standard InChI is InChI=1S/C14H9Br2Cl3O/c15-10-4-8(6-17)5-11(16)14(10)20-7-9-2-1-3-12(18)13(9)19/h1-5H,6-7H2. The Balaban J connectivity index is 2.21. The zero-order valence-corrected chi connectivity index (χ0v) is 15.5. The number of hydrogen-bond donors (Lipinski definition) is 0. The zero-order valence-electron chi connectivity index (χ0n) is 10.1. The average Bonchev–Trinajstić information content (AvgIpc) is 2.42. The van der Waals surface area contributed by atoms with Crippen LogP contribution >= 0.6 is 66.7 Å². The number of ether oxygens (including phenoxy) is 1. The van der Waals surface area contributed by atoms with Crippen molar-refractivity contribution in [2.24, 2.45) is 0 Å². The van der Waals surface area contributed by atoms with E-state index in [-0.39, 0.29) is 0 Å². The van der Waals surface area contributed by atoms with E-state index >= 15 is 0 Å². The monoisotopic (exact) mass is 456 g/mol. The maximum Gasteiger partial charge on any atom is 0.148 e. The summed E-state index contributed by atoms with van der Waals surface area (Å²) >= 11 is 24.9. The number of hydrogen-bond acceptors (Lipinski definition) is 1. The highest BCUT2D eigenvalue weighted by Crippen LogP contribution is 2.36. The molecule has 0 radical (unpaired) electrons. The molecule has 0 unspecified atom stereocenters. The highest BCUT2D eigenvalue weighted by atomic mass is 79.9. The Morgan fingerprint density at radius 3 is 2.30 bits per heavy atom. The molecule has 0 N–H and O–H groups in total. The lowest BCUT2D eigenvalue weighted by atomic mass is 10.2. The van der Waals surface area contributed by atoms with Gasteiger partial charge >= 0.3 is 0 Å². The smallest absolute Gasteiger partial charge is 0.148 e. The van der Waals surface area contributed by atoms with Gasteiger partial charge in [-0.2, -0.15) is 0 Å². The molecule has 106 valence electrons. The molecule has 0 atom stereocenters. The van der Waals surface area contributed by atoms with Crippen LogP contribution in [0, 0.1) is 0 Å². The van der Waals surface area contributed by atoms with Gasteiger partial charge in [0.15, 0.2) is 0 Å². The molecular weight excluding hydrogens is 450 g/mol. The Labute approximate surface area is 149 Å². The van der Waals surface area contributed by atoms with Crippen LogP contribution in [0.1, 0.15) is 11.1 Å². The van der Waals surface area contributed by atoms with Crippen LogP contribution < -0.4 is 4.74 Å². The van der Waals surface area contributed by atoms with E-state index in [0.717, 1.165) is 20.1 Å². The second-order valence-electron chi connectivity index (χ2n) is 4.02. The molecule has 0 amide bonds. The quantitative estimate of drug-likeness (QED) is 0.455. The van der Waals surface area contributed by atoms with E-state index in [1.54, 1.807) is 6.07 Å². The third-order valence-electron chi connectivity index (χ3n) is 2.62. The predicted molar refractivity (Wildman–Crippen MR) is 92.2 cm³/mol. The Morgan fingerprint density at radius 2 is 1.70 bits per heavy atom. The second kappa shape index (κ2) is 7.37. The van der Waals surface area contributed by atoms with Crippen LogP contribution in [0.15, 0.2) is 39.3 Å². The van der Waals surface area contributed by atoms with Crippen molar-refractivity contribution in [2.75, 3.05) is 0 Å². The van der Waals surface area contributed by atoms with Gasteiger partial charge in [0.1, 0.15) is 12.4 Å². The number of alkyl halides is 1. The minimum absolute atomic E-state index is 0.330. The van der Waals surface area contributed by atoms with E-state index < -0.39 is 0 Å². The van der Waals surface area contributed by atoms with Crippen molar-refractivity contribution >= 4 is 66.7 Å². The molecule has 0 aromatic heterocycles. The lowest BCUT2D eigenvalue weighted by Crippen LogP contribution is -1.98. The van der Waals surface area contributed by atoms with Gasteiger partial charge in [0, 0.05) is 11.4 Å². The van der Waals surface area contributed by atoms with Gasteiger partial charge in [0.05, 0.1) is 19.0 Å². The van der Waals surface area contributed by atoms with Crippen molar-refractivity contribution in [2.45, 2.75) is 12.5 Å². The average molecular weight is 459 g/mol. The van der Waals surface area contributed by atoms with Crippen molar-refractivity contribution in [1.82, 2.24) is 0 Å². The van der Waals surface area contributed by atoms with Crippen molar-refractivity contribution in [3.05, 3.63) is 60.4 Å². The summed E-state index contributed by atoms with van der Waals surface area (Å²) in [6, 6.07) is 9.31. The molecule has 0 aliphatic rings. The molecule has 0 spiro atoms. The Hall–Kier alpha value is 0.0700. The molecule has 0 aliphatic heterocycles. The van der Waals surface area contributed by atoms with Gasteiger partial charge in [0.2, 0.25) is 0 Å². The largest absolute Gasteiger partial charge is 0.486 e. The van der Waals surface area contributed by atoms with E-state index in [1.807, 2.05) is 24.3 Å². The summed E-state index contributed by atoms with van der Waals surface area (Å²) in [5.74, 6) is 1.15. The summed E-state index contributed by atoms with van der Waals surface area (Å²) in [6.45, 7) is 0.330. The summed E-state index contributed by atoms with van der Waals surface area (Å²) in [4.78, 5) is 0. The Kier molecular flexibility index (Phi) is 6.06. The zero-order chi connectivity index (χ0) is 14.7. The van der Waals surface area contributed by atoms with Crippen LogP contribution in [0.5, 0.6) is 5.75 Å². The van der Waals surface area contributed by atoms with Gasteiger partial charge in [-0.15, -0.1) is 11.6 Å². The van der Waals surface area contributed by atoms with Crippen LogP contribution in [0.3, 0.4) is 0 Å². The van der Waals surface area contributed by atoms with Gasteiger partial charge in [0.25, 0.3) is 0 Å². The molecule has 1 nitrogen and oxygen atoms in total. The molecule has 0 heterocycles. The molecule has 0 bridgehead atoms. The SMILES string of the molecule is ClCc1cc(Br)c(OCc2cccc(Cl)c2Cl)c(Br)c1. The summed E-state index contributed by atoms with van der Waals surface area (Å²) < 4.78 is 7.48. The van der Waals surface area contributed by atoms with Crippen LogP contribution in [0.25, 0.3) is 0 Å². The van der Waals surface area contributed by atoms with E-state index in [0.29, 0.717) is 28.3 Å². The van der Waals surface area contributed by atoms with Crippen molar-refractivity contribution < 1.29 is 4.74 Å². The first-order chi connectivity index (χ1) is 9.52. The Bertz CT molecular complexity index is 609. The van der Waals surface area contributed by atoms with Gasteiger partial charge < -0.3 is 4.74 Å². The van der Waals surface area contributed by atoms with Crippen LogP contribution in [-0.2, 0) is 12.5 Å². The lowest BCUT2D eigenvalue weighted by molar-refractivity contribution is 0.302. The third kappa shape index (κ3) is 3.83. The molecule has 0 saturated heterocycles. The fourth-order valence-corrected chi connectivity index (χ4v) is 3.68. The molecular formula is C14H9Br2Cl3O. The molecule has 0 saturated carbocycles. The molecule has 0 fully saturated rings. The number of rotatable bonds is 4. The summed E-state index contributed by atoms with van der Waals surface area (Å²) in [5, 5.41) is 1.03. The predicted octanol–water partition coefficient (Wildman–Crippen LogP) is 6.84. The molecule has 0 aliphatic carbocycles. The van der Waals surface area contributed by atoms with Gasteiger partial charge in [-0.25, -0.2) is 0 Å². The molecule has 2 rings (SSSR count). The van der Waals surface area contributed by atoms with Crippen LogP contribution in [0.4, 0.5) is 0 Å². The maximum atomic E-state index is 6.13. The van der Waals surface area contributed by atoms with E-state index in [2.05, 4.69) is 31.9 Å². The first-order valence-electron chi connectivity index (χ1n) is 5.62. The third-order valence-corrected chi connectivity index (χ3v) is 4.96. The van der Waals surface area contributed by atoms with E-state index in [9.17, 15) is 0 Å². The first-order valence-corrected chi connectivity index (χ1v) is 8.50. The minimum Gasteiger partial charge on any atom is -0.486 e. The number of benzene rings is 2. The van der Waals surface area contributed by atoms with E-state index in [4.69, 9.17) is 39.5 Å². The summed E-state index contributed by atoms with van der Waals surface area (Å²) in [7, 11) is 0. The Morgan fingerprint density at radius 1 is 1.05 bits per heavy atom. The highest BCUT2D eigenvalue weighted by molar-refractivity contribution is 9.11. The lowest BCUT2D eigenvalue weighted by Gasteiger charge is -2.13. The van der Waals surface area contributed by atoms with Crippen molar-refractivity contribution in [3.63, 3.8) is 0 Å². The topological polar surface area (TPSA) is 9.23 Å². The summed E-state index contributed by atoms with van der Waals surface area (Å²) in [5.41, 5.74) is 1.83. The normalized spacial score (nSPS) is 10.7.